The Morgan fingerprint density at radius 1 is 0.253 bits per heavy atom. The van der Waals surface area contributed by atoms with Gasteiger partial charge in [-0.25, -0.2) is 0 Å². The van der Waals surface area contributed by atoms with Crippen molar-refractivity contribution in [3.05, 3.63) is 60.8 Å². The molecule has 0 aromatic carbocycles. The van der Waals surface area contributed by atoms with Crippen LogP contribution in [0.3, 0.4) is 0 Å². The maximum absolute atomic E-state index is 12.9. The van der Waals surface area contributed by atoms with Crippen LogP contribution in [0.5, 0.6) is 0 Å². The quantitative estimate of drug-likeness (QED) is 0.0261. The van der Waals surface area contributed by atoms with Crippen LogP contribution in [-0.2, 0) is 28.6 Å². The summed E-state index contributed by atoms with van der Waals surface area (Å²) in [5.74, 6) is -0.850. The first-order valence-corrected chi connectivity index (χ1v) is 36.8. The molecule has 0 radical (unpaired) electrons. The summed E-state index contributed by atoms with van der Waals surface area (Å²) in [5.41, 5.74) is 0. The van der Waals surface area contributed by atoms with Crippen LogP contribution in [0.2, 0.25) is 0 Å². The molecule has 0 spiro atoms. The molecular weight excluding hydrogens is 1020 g/mol. The Kier molecular flexibility index (Phi) is 69.1. The van der Waals surface area contributed by atoms with Gasteiger partial charge >= 0.3 is 17.9 Å². The molecule has 0 saturated carbocycles. The van der Waals surface area contributed by atoms with Gasteiger partial charge in [0.1, 0.15) is 13.2 Å². The largest absolute Gasteiger partial charge is 0.462 e. The van der Waals surface area contributed by atoms with E-state index in [1.807, 2.05) is 0 Å². The number of allylic oxidation sites excluding steroid dienone is 10. The maximum Gasteiger partial charge on any atom is 0.306 e. The zero-order valence-electron chi connectivity index (χ0n) is 55.7. The van der Waals surface area contributed by atoms with Crippen LogP contribution >= 0.6 is 0 Å². The van der Waals surface area contributed by atoms with Crippen molar-refractivity contribution < 1.29 is 28.6 Å². The SMILES string of the molecule is CC/C=C\C/C=C\C/C=C\C/C=C\CCCCCCCCCCCCCCCCCCC(=O)OCC(COC(=O)CCCCCCCCC)OC(=O)CCCCCCCCCCCCCCCCCCC/C=C\CCCCCCCCCC. The molecule has 0 aliphatic rings. The van der Waals surface area contributed by atoms with Gasteiger partial charge in [0.05, 0.1) is 0 Å². The second-order valence-corrected chi connectivity index (χ2v) is 24.8. The van der Waals surface area contributed by atoms with Crippen LogP contribution in [0, 0.1) is 0 Å². The molecule has 6 nitrogen and oxygen atoms in total. The molecule has 0 bridgehead atoms. The van der Waals surface area contributed by atoms with Gasteiger partial charge in [0, 0.05) is 19.3 Å². The summed E-state index contributed by atoms with van der Waals surface area (Å²) >= 11 is 0. The average Bonchev–Trinajstić information content (AvgIpc) is 3.49. The van der Waals surface area contributed by atoms with E-state index in [1.165, 1.54) is 270 Å². The van der Waals surface area contributed by atoms with Crippen LogP contribution in [0.4, 0.5) is 0 Å². The number of hydrogen-bond acceptors (Lipinski definition) is 6. The lowest BCUT2D eigenvalue weighted by Gasteiger charge is -2.18. The molecule has 1 unspecified atom stereocenters. The van der Waals surface area contributed by atoms with Gasteiger partial charge in [0.2, 0.25) is 0 Å². The van der Waals surface area contributed by atoms with Crippen LogP contribution in [-0.4, -0.2) is 37.2 Å². The Bertz CT molecular complexity index is 1470. The van der Waals surface area contributed by atoms with Gasteiger partial charge in [-0.05, 0) is 83.5 Å². The fourth-order valence-corrected chi connectivity index (χ4v) is 11.0. The molecule has 1 atom stereocenters. The molecule has 0 fully saturated rings. The minimum absolute atomic E-state index is 0.0685. The topological polar surface area (TPSA) is 78.9 Å². The smallest absolute Gasteiger partial charge is 0.306 e. The molecule has 6 heteroatoms. The van der Waals surface area contributed by atoms with Crippen molar-refractivity contribution in [2.24, 2.45) is 0 Å². The van der Waals surface area contributed by atoms with E-state index in [0.717, 1.165) is 83.5 Å². The highest BCUT2D eigenvalue weighted by atomic mass is 16.6. The molecular formula is C77H140O6. The van der Waals surface area contributed by atoms with Gasteiger partial charge in [-0.15, -0.1) is 0 Å². The summed E-state index contributed by atoms with van der Waals surface area (Å²) in [7, 11) is 0. The number of carbonyl (C=O) groups is 3. The highest BCUT2D eigenvalue weighted by Gasteiger charge is 2.19. The summed E-state index contributed by atoms with van der Waals surface area (Å²) in [6.07, 6.45) is 93.0. The van der Waals surface area contributed by atoms with E-state index < -0.39 is 6.10 Å². The summed E-state index contributed by atoms with van der Waals surface area (Å²) in [6, 6.07) is 0. The predicted octanol–water partition coefficient (Wildman–Crippen LogP) is 25.5. The monoisotopic (exact) mass is 1160 g/mol. The minimum atomic E-state index is -0.770. The van der Waals surface area contributed by atoms with Crippen LogP contribution < -0.4 is 0 Å². The molecule has 0 aromatic heterocycles. The molecule has 484 valence electrons. The molecule has 0 heterocycles. The van der Waals surface area contributed by atoms with Gasteiger partial charge in [0.25, 0.3) is 0 Å². The van der Waals surface area contributed by atoms with Crippen LogP contribution in [0.25, 0.3) is 0 Å². The van der Waals surface area contributed by atoms with Gasteiger partial charge in [-0.1, -0.05) is 351 Å². The van der Waals surface area contributed by atoms with E-state index in [-0.39, 0.29) is 31.1 Å². The Morgan fingerprint density at radius 3 is 0.747 bits per heavy atom. The first-order valence-electron chi connectivity index (χ1n) is 36.8. The lowest BCUT2D eigenvalue weighted by atomic mass is 10.0. The van der Waals surface area contributed by atoms with E-state index in [1.54, 1.807) is 0 Å². The summed E-state index contributed by atoms with van der Waals surface area (Å²) < 4.78 is 16.9. The van der Waals surface area contributed by atoms with Gasteiger partial charge < -0.3 is 14.2 Å². The van der Waals surface area contributed by atoms with Gasteiger partial charge in [-0.2, -0.15) is 0 Å². The first-order chi connectivity index (χ1) is 41.0. The molecule has 0 rings (SSSR count). The molecule has 0 saturated heterocycles. The van der Waals surface area contributed by atoms with E-state index in [9.17, 15) is 14.4 Å². The van der Waals surface area contributed by atoms with Gasteiger partial charge in [0.15, 0.2) is 6.10 Å². The van der Waals surface area contributed by atoms with E-state index >= 15 is 0 Å². The number of esters is 3. The van der Waals surface area contributed by atoms with E-state index in [2.05, 4.69) is 81.5 Å². The summed E-state index contributed by atoms with van der Waals surface area (Å²) in [4.78, 5) is 38.2. The Labute approximate surface area is 517 Å². The van der Waals surface area contributed by atoms with Crippen molar-refractivity contribution in [1.82, 2.24) is 0 Å². The Hall–Kier alpha value is -2.89. The zero-order valence-corrected chi connectivity index (χ0v) is 55.7. The second-order valence-electron chi connectivity index (χ2n) is 24.8. The molecule has 83 heavy (non-hydrogen) atoms. The standard InChI is InChI=1S/C77H140O6/c1-4-7-10-13-16-18-20-22-24-26-28-30-32-34-36-38-40-42-44-46-48-50-52-54-56-58-61-64-67-70-76(79)82-73-74(72-81-75(78)69-66-63-60-15-12-9-6-3)83-77(80)71-68-65-62-59-57-55-53-51-49-47-45-43-41-39-37-35-33-31-29-27-25-23-21-19-17-14-11-8-5-2/h7,10,16,18,22,24,27-30,74H,4-6,8-9,11-15,17,19-21,23,25-26,31-73H2,1-3H3/b10-7-,18-16-,24-22-,29-27-,30-28-. The van der Waals surface area contributed by atoms with E-state index in [0.29, 0.717) is 19.3 Å². The molecule has 0 amide bonds. The molecule has 0 N–H and O–H groups in total. The maximum atomic E-state index is 12.9. The number of unbranched alkanes of at least 4 members (excludes halogenated alkanes) is 47. The van der Waals surface area contributed by atoms with Crippen molar-refractivity contribution in [3.8, 4) is 0 Å². The molecule has 0 aromatic rings. The normalized spacial score (nSPS) is 12.4. The highest BCUT2D eigenvalue weighted by molar-refractivity contribution is 5.71. The number of rotatable bonds is 68. The number of hydrogen-bond donors (Lipinski definition) is 0. The third-order valence-electron chi connectivity index (χ3n) is 16.5. The van der Waals surface area contributed by atoms with Crippen LogP contribution in [0.15, 0.2) is 60.8 Å². The lowest BCUT2D eigenvalue weighted by Crippen LogP contribution is -2.30. The third kappa shape index (κ3) is 69.8. The minimum Gasteiger partial charge on any atom is -0.462 e. The van der Waals surface area contributed by atoms with Gasteiger partial charge in [-0.3, -0.25) is 14.4 Å². The first kappa shape index (κ1) is 80.1. The predicted molar refractivity (Wildman–Crippen MR) is 362 cm³/mol. The second kappa shape index (κ2) is 71.6. The molecule has 0 aliphatic carbocycles. The molecule has 0 aliphatic heterocycles. The van der Waals surface area contributed by atoms with Crippen molar-refractivity contribution in [2.45, 2.75) is 399 Å². The highest BCUT2D eigenvalue weighted by Crippen LogP contribution is 2.19. The fraction of sp³-hybridized carbons (Fsp3) is 0.831. The van der Waals surface area contributed by atoms with Crippen molar-refractivity contribution in [3.63, 3.8) is 0 Å². The number of ether oxygens (including phenoxy) is 3. The van der Waals surface area contributed by atoms with Crippen molar-refractivity contribution in [1.29, 1.82) is 0 Å². The van der Waals surface area contributed by atoms with E-state index in [4.69, 9.17) is 14.2 Å². The lowest BCUT2D eigenvalue weighted by molar-refractivity contribution is -0.167. The Morgan fingerprint density at radius 2 is 0.470 bits per heavy atom. The fourth-order valence-electron chi connectivity index (χ4n) is 11.0. The average molecular weight is 1160 g/mol. The number of carbonyl (C=O) groups excluding carboxylic acids is 3. The summed E-state index contributed by atoms with van der Waals surface area (Å²) in [6.45, 7) is 6.55. The zero-order chi connectivity index (χ0) is 59.9. The Balaban J connectivity index is 4.00. The van der Waals surface area contributed by atoms with Crippen molar-refractivity contribution in [2.75, 3.05) is 13.2 Å². The third-order valence-corrected chi connectivity index (χ3v) is 16.5. The van der Waals surface area contributed by atoms with Crippen LogP contribution in [0.1, 0.15) is 393 Å². The summed E-state index contributed by atoms with van der Waals surface area (Å²) in [5, 5.41) is 0. The van der Waals surface area contributed by atoms with Crippen molar-refractivity contribution >= 4 is 17.9 Å².